The lowest BCUT2D eigenvalue weighted by Gasteiger charge is -2.34. The summed E-state index contributed by atoms with van der Waals surface area (Å²) in [6.45, 7) is 0.967. The highest BCUT2D eigenvalue weighted by Gasteiger charge is 2.22. The molecule has 2 atom stereocenters. The smallest absolute Gasteiger partial charge is 0.119 e. The zero-order chi connectivity index (χ0) is 13.0. The van der Waals surface area contributed by atoms with E-state index in [1.807, 2.05) is 6.07 Å². The molecule has 3 heteroatoms. The van der Waals surface area contributed by atoms with Gasteiger partial charge in [0.2, 0.25) is 0 Å². The van der Waals surface area contributed by atoms with Crippen molar-refractivity contribution in [3.63, 3.8) is 0 Å². The fourth-order valence-electron chi connectivity index (χ4n) is 2.79. The second-order valence-electron chi connectivity index (χ2n) is 5.35. The number of ether oxygens (including phenoxy) is 1. The predicted molar refractivity (Wildman–Crippen MR) is 74.7 cm³/mol. The average Bonchev–Trinajstić information content (AvgIpc) is 2.39. The molecule has 100 valence electrons. The van der Waals surface area contributed by atoms with Gasteiger partial charge in [0.1, 0.15) is 5.75 Å². The maximum Gasteiger partial charge on any atom is 0.119 e. The Morgan fingerprint density at radius 2 is 2.22 bits per heavy atom. The van der Waals surface area contributed by atoms with Crippen molar-refractivity contribution in [1.82, 2.24) is 4.90 Å². The molecule has 1 saturated carbocycles. The minimum Gasteiger partial charge on any atom is -0.497 e. The van der Waals surface area contributed by atoms with E-state index in [-0.39, 0.29) is 0 Å². The van der Waals surface area contributed by atoms with Gasteiger partial charge in [-0.2, -0.15) is 0 Å². The summed E-state index contributed by atoms with van der Waals surface area (Å²) in [4.78, 5) is 2.42. The van der Waals surface area contributed by atoms with Gasteiger partial charge in [-0.05, 0) is 44.0 Å². The molecular formula is C15H24N2O. The molecule has 0 radical (unpaired) electrons. The van der Waals surface area contributed by atoms with Crippen LogP contribution >= 0.6 is 0 Å². The molecule has 1 fully saturated rings. The molecule has 0 spiro atoms. The largest absolute Gasteiger partial charge is 0.497 e. The van der Waals surface area contributed by atoms with Crippen LogP contribution in [-0.2, 0) is 6.54 Å². The monoisotopic (exact) mass is 248 g/mol. The van der Waals surface area contributed by atoms with Crippen molar-refractivity contribution in [1.29, 1.82) is 0 Å². The number of methoxy groups -OCH3 is 1. The summed E-state index contributed by atoms with van der Waals surface area (Å²) in [7, 11) is 3.91. The third kappa shape index (κ3) is 3.47. The van der Waals surface area contributed by atoms with Gasteiger partial charge >= 0.3 is 0 Å². The molecule has 1 aliphatic rings. The maximum atomic E-state index is 6.06. The van der Waals surface area contributed by atoms with Gasteiger partial charge in [0.25, 0.3) is 0 Å². The third-order valence-electron chi connectivity index (χ3n) is 3.88. The standard InChI is InChI=1S/C15H24N2O/c1-17(14-7-4-6-13(16)10-14)11-12-5-3-8-15(9-12)18-2/h3,5,8-9,13-14H,4,6-7,10-11,16H2,1-2H3. The van der Waals surface area contributed by atoms with E-state index in [0.717, 1.165) is 18.7 Å². The molecule has 0 aliphatic heterocycles. The summed E-state index contributed by atoms with van der Waals surface area (Å²) in [5, 5.41) is 0. The summed E-state index contributed by atoms with van der Waals surface area (Å²) in [6, 6.07) is 9.31. The van der Waals surface area contributed by atoms with Crippen molar-refractivity contribution in [3.05, 3.63) is 29.8 Å². The highest BCUT2D eigenvalue weighted by atomic mass is 16.5. The van der Waals surface area contributed by atoms with Crippen LogP contribution in [0.2, 0.25) is 0 Å². The van der Waals surface area contributed by atoms with Crippen LogP contribution in [0.1, 0.15) is 31.2 Å². The van der Waals surface area contributed by atoms with E-state index >= 15 is 0 Å². The molecule has 18 heavy (non-hydrogen) atoms. The van der Waals surface area contributed by atoms with Crippen LogP contribution in [0, 0.1) is 0 Å². The molecule has 3 nitrogen and oxygen atoms in total. The van der Waals surface area contributed by atoms with Crippen molar-refractivity contribution in [2.45, 2.75) is 44.3 Å². The lowest BCUT2D eigenvalue weighted by Crippen LogP contribution is -2.40. The van der Waals surface area contributed by atoms with E-state index in [9.17, 15) is 0 Å². The Kier molecular flexibility index (Phi) is 4.61. The third-order valence-corrected chi connectivity index (χ3v) is 3.88. The second-order valence-corrected chi connectivity index (χ2v) is 5.35. The van der Waals surface area contributed by atoms with Gasteiger partial charge in [-0.1, -0.05) is 18.6 Å². The minimum absolute atomic E-state index is 0.386. The van der Waals surface area contributed by atoms with Gasteiger partial charge in [0.15, 0.2) is 0 Å². The highest BCUT2D eigenvalue weighted by Crippen LogP contribution is 2.23. The van der Waals surface area contributed by atoms with Gasteiger partial charge in [-0.15, -0.1) is 0 Å². The van der Waals surface area contributed by atoms with Gasteiger partial charge in [-0.3, -0.25) is 4.90 Å². The van der Waals surface area contributed by atoms with E-state index in [1.54, 1.807) is 7.11 Å². The molecule has 0 aromatic heterocycles. The molecule has 0 amide bonds. The number of rotatable bonds is 4. The lowest BCUT2D eigenvalue weighted by atomic mass is 9.90. The predicted octanol–water partition coefficient (Wildman–Crippen LogP) is 2.40. The number of nitrogens with zero attached hydrogens (tertiary/aromatic N) is 1. The fourth-order valence-corrected chi connectivity index (χ4v) is 2.79. The van der Waals surface area contributed by atoms with Gasteiger partial charge < -0.3 is 10.5 Å². The average molecular weight is 248 g/mol. The van der Waals surface area contributed by atoms with Crippen LogP contribution < -0.4 is 10.5 Å². The number of benzene rings is 1. The van der Waals surface area contributed by atoms with E-state index in [2.05, 4.69) is 30.1 Å². The van der Waals surface area contributed by atoms with Crippen molar-refractivity contribution >= 4 is 0 Å². The Labute approximate surface area is 110 Å². The molecule has 0 bridgehead atoms. The molecular weight excluding hydrogens is 224 g/mol. The number of hydrogen-bond acceptors (Lipinski definition) is 3. The Bertz CT molecular complexity index is 381. The first kappa shape index (κ1) is 13.4. The molecule has 2 rings (SSSR count). The second kappa shape index (κ2) is 6.21. The van der Waals surface area contributed by atoms with Crippen molar-refractivity contribution in [3.8, 4) is 5.75 Å². The van der Waals surface area contributed by atoms with Crippen LogP contribution in [0.25, 0.3) is 0 Å². The summed E-state index contributed by atoms with van der Waals surface area (Å²) in [5.41, 5.74) is 7.36. The summed E-state index contributed by atoms with van der Waals surface area (Å²) < 4.78 is 5.26. The van der Waals surface area contributed by atoms with Gasteiger partial charge in [0, 0.05) is 18.6 Å². The molecule has 1 aromatic rings. The number of nitrogens with two attached hydrogens (primary N) is 1. The van der Waals surface area contributed by atoms with Crippen molar-refractivity contribution in [2.75, 3.05) is 14.2 Å². The van der Waals surface area contributed by atoms with Crippen LogP contribution in [-0.4, -0.2) is 31.1 Å². The SMILES string of the molecule is COc1cccc(CN(C)C2CCCC(N)C2)c1. The summed E-state index contributed by atoms with van der Waals surface area (Å²) in [6.07, 6.45) is 4.84. The first-order valence-electron chi connectivity index (χ1n) is 6.78. The van der Waals surface area contributed by atoms with Crippen LogP contribution in [0.4, 0.5) is 0 Å². The van der Waals surface area contributed by atoms with E-state index in [0.29, 0.717) is 12.1 Å². The topological polar surface area (TPSA) is 38.5 Å². The normalized spacial score (nSPS) is 24.2. The quantitative estimate of drug-likeness (QED) is 0.889. The van der Waals surface area contributed by atoms with E-state index < -0.39 is 0 Å². The Balaban J connectivity index is 1.95. The molecule has 2 unspecified atom stereocenters. The highest BCUT2D eigenvalue weighted by molar-refractivity contribution is 5.28. The van der Waals surface area contributed by atoms with Crippen LogP contribution in [0.5, 0.6) is 5.75 Å². The number of hydrogen-bond donors (Lipinski definition) is 1. The molecule has 0 heterocycles. The maximum absolute atomic E-state index is 6.06. The molecule has 2 N–H and O–H groups in total. The zero-order valence-corrected chi connectivity index (χ0v) is 11.4. The first-order valence-corrected chi connectivity index (χ1v) is 6.78. The summed E-state index contributed by atoms with van der Waals surface area (Å²) >= 11 is 0. The van der Waals surface area contributed by atoms with Crippen molar-refractivity contribution < 1.29 is 4.74 Å². The summed E-state index contributed by atoms with van der Waals surface area (Å²) in [5.74, 6) is 0.932. The van der Waals surface area contributed by atoms with Gasteiger partial charge in [0.05, 0.1) is 7.11 Å². The Morgan fingerprint density at radius 3 is 2.94 bits per heavy atom. The molecule has 1 aromatic carbocycles. The van der Waals surface area contributed by atoms with Crippen LogP contribution in [0.3, 0.4) is 0 Å². The van der Waals surface area contributed by atoms with E-state index in [4.69, 9.17) is 10.5 Å². The Hall–Kier alpha value is -1.06. The van der Waals surface area contributed by atoms with Crippen molar-refractivity contribution in [2.24, 2.45) is 5.73 Å². The Morgan fingerprint density at radius 1 is 1.39 bits per heavy atom. The zero-order valence-electron chi connectivity index (χ0n) is 11.4. The van der Waals surface area contributed by atoms with Crippen LogP contribution in [0.15, 0.2) is 24.3 Å². The van der Waals surface area contributed by atoms with Gasteiger partial charge in [-0.25, -0.2) is 0 Å². The van der Waals surface area contributed by atoms with E-state index in [1.165, 1.54) is 24.8 Å². The molecule has 1 aliphatic carbocycles. The first-order chi connectivity index (χ1) is 8.69. The minimum atomic E-state index is 0.386. The fraction of sp³-hybridized carbons (Fsp3) is 0.600. The lowest BCUT2D eigenvalue weighted by molar-refractivity contribution is 0.173. The molecule has 0 saturated heterocycles.